The zero-order valence-corrected chi connectivity index (χ0v) is 25.2. The molecule has 0 bridgehead atoms. The predicted molar refractivity (Wildman–Crippen MR) is 168 cm³/mol. The number of carbonyl (C=O) groups excluding carboxylic acids is 2. The number of amides is 2. The summed E-state index contributed by atoms with van der Waals surface area (Å²) in [6.45, 7) is 5.22. The van der Waals surface area contributed by atoms with Crippen LogP contribution in [0.1, 0.15) is 30.6 Å². The number of aromatic nitrogens is 1. The monoisotopic (exact) mass is 600 g/mol. The van der Waals surface area contributed by atoms with Crippen molar-refractivity contribution in [1.29, 1.82) is 0 Å². The van der Waals surface area contributed by atoms with Crippen LogP contribution in [-0.2, 0) is 27.5 Å². The van der Waals surface area contributed by atoms with Crippen LogP contribution in [0.5, 0.6) is 17.2 Å². The third-order valence-electron chi connectivity index (χ3n) is 7.45. The maximum Gasteiger partial charge on any atom is 0.234 e. The molecule has 0 saturated carbocycles. The van der Waals surface area contributed by atoms with Gasteiger partial charge in [-0.2, -0.15) is 0 Å². The molecular weight excluding hydrogens is 560 g/mol. The van der Waals surface area contributed by atoms with Crippen molar-refractivity contribution in [3.8, 4) is 17.2 Å². The molecule has 232 valence electrons. The van der Waals surface area contributed by atoms with Gasteiger partial charge >= 0.3 is 0 Å². The fraction of sp³-hybridized carbons (Fsp3) is 0.353. The van der Waals surface area contributed by atoms with E-state index in [2.05, 4.69) is 20.5 Å². The summed E-state index contributed by atoms with van der Waals surface area (Å²) in [7, 11) is 1.66. The van der Waals surface area contributed by atoms with E-state index in [4.69, 9.17) is 18.9 Å². The largest absolute Gasteiger partial charge is 0.496 e. The number of ether oxygens (including phenoxy) is 4. The lowest BCUT2D eigenvalue weighted by Crippen LogP contribution is -2.55. The fourth-order valence-electron chi connectivity index (χ4n) is 5.27. The number of fused-ring (bicyclic) bond motifs is 1. The van der Waals surface area contributed by atoms with E-state index in [0.717, 1.165) is 39.9 Å². The van der Waals surface area contributed by atoms with Crippen molar-refractivity contribution in [2.45, 2.75) is 38.6 Å². The topological polar surface area (TPSA) is 112 Å². The highest BCUT2D eigenvalue weighted by atomic mass is 16.5. The molecule has 5 rings (SSSR count). The summed E-state index contributed by atoms with van der Waals surface area (Å²) in [5.74, 6) is 2.18. The zero-order chi connectivity index (χ0) is 30.7. The van der Waals surface area contributed by atoms with E-state index in [1.807, 2.05) is 79.0 Å². The summed E-state index contributed by atoms with van der Waals surface area (Å²) in [6.07, 6.45) is 2.34. The summed E-state index contributed by atoms with van der Waals surface area (Å²) in [6, 6.07) is 23.4. The molecular formula is C34H40N4O6. The molecule has 1 fully saturated rings. The molecule has 10 heteroatoms. The number of nitrogens with one attached hydrogen (secondary N) is 3. The van der Waals surface area contributed by atoms with Crippen molar-refractivity contribution in [3.63, 3.8) is 0 Å². The number of nitrogens with zero attached hydrogens (tertiary/aromatic N) is 1. The van der Waals surface area contributed by atoms with E-state index < -0.39 is 6.10 Å². The highest BCUT2D eigenvalue weighted by molar-refractivity contribution is 5.82. The van der Waals surface area contributed by atoms with E-state index >= 15 is 0 Å². The smallest absolute Gasteiger partial charge is 0.234 e. The van der Waals surface area contributed by atoms with Gasteiger partial charge in [0.1, 0.15) is 23.4 Å². The first-order valence-corrected chi connectivity index (χ1v) is 14.9. The normalized spacial score (nSPS) is 15.4. The van der Waals surface area contributed by atoms with Crippen LogP contribution in [-0.4, -0.2) is 62.4 Å². The summed E-state index contributed by atoms with van der Waals surface area (Å²) in [4.78, 5) is 23.5. The second-order valence-corrected chi connectivity index (χ2v) is 10.7. The number of methoxy groups -OCH3 is 1. The highest BCUT2D eigenvalue weighted by Crippen LogP contribution is 2.30. The second-order valence-electron chi connectivity index (χ2n) is 10.7. The number of hydrogen-bond acceptors (Lipinski definition) is 7. The minimum atomic E-state index is -0.413. The second kappa shape index (κ2) is 15.3. The van der Waals surface area contributed by atoms with Crippen molar-refractivity contribution < 1.29 is 28.5 Å². The summed E-state index contributed by atoms with van der Waals surface area (Å²) >= 11 is 0. The van der Waals surface area contributed by atoms with Crippen LogP contribution >= 0.6 is 0 Å². The van der Waals surface area contributed by atoms with E-state index in [1.54, 1.807) is 7.11 Å². The molecule has 3 aromatic carbocycles. The molecule has 1 aromatic heterocycles. The van der Waals surface area contributed by atoms with Gasteiger partial charge in [-0.05, 0) is 48.0 Å². The predicted octanol–water partition coefficient (Wildman–Crippen LogP) is 3.98. The molecule has 0 aliphatic carbocycles. The minimum Gasteiger partial charge on any atom is -0.496 e. The Morgan fingerprint density at radius 1 is 1.05 bits per heavy atom. The Balaban J connectivity index is 1.18. The molecule has 2 atom stereocenters. The Kier molecular flexibility index (Phi) is 10.7. The number of para-hydroxylation sites is 1. The van der Waals surface area contributed by atoms with Gasteiger partial charge in [-0.15, -0.1) is 0 Å². The van der Waals surface area contributed by atoms with E-state index in [0.29, 0.717) is 45.2 Å². The summed E-state index contributed by atoms with van der Waals surface area (Å²) < 4.78 is 25.8. The first kappa shape index (κ1) is 30.9. The first-order valence-electron chi connectivity index (χ1n) is 14.9. The lowest BCUT2D eigenvalue weighted by Gasteiger charge is -2.32. The average Bonchev–Trinajstić information content (AvgIpc) is 3.44. The number of piperazine rings is 1. The van der Waals surface area contributed by atoms with Crippen LogP contribution in [0.3, 0.4) is 0 Å². The number of benzene rings is 3. The van der Waals surface area contributed by atoms with Crippen molar-refractivity contribution in [2.75, 3.05) is 40.0 Å². The Morgan fingerprint density at radius 2 is 1.86 bits per heavy atom. The van der Waals surface area contributed by atoms with Gasteiger partial charge in [-0.3, -0.25) is 9.59 Å². The van der Waals surface area contributed by atoms with E-state index in [-0.39, 0.29) is 24.4 Å². The lowest BCUT2D eigenvalue weighted by molar-refractivity contribution is -0.123. The molecule has 1 saturated heterocycles. The molecule has 2 heterocycles. The van der Waals surface area contributed by atoms with Gasteiger partial charge in [0, 0.05) is 55.6 Å². The van der Waals surface area contributed by atoms with Crippen LogP contribution in [0.25, 0.3) is 10.9 Å². The van der Waals surface area contributed by atoms with Gasteiger partial charge in [0.15, 0.2) is 0 Å². The Morgan fingerprint density at radius 3 is 2.66 bits per heavy atom. The molecule has 10 nitrogen and oxygen atoms in total. The van der Waals surface area contributed by atoms with Crippen molar-refractivity contribution in [3.05, 3.63) is 90.1 Å². The van der Waals surface area contributed by atoms with Gasteiger partial charge in [0.25, 0.3) is 0 Å². The lowest BCUT2D eigenvalue weighted by atomic mass is 10.00. The van der Waals surface area contributed by atoms with Gasteiger partial charge in [0.05, 0.1) is 39.5 Å². The van der Waals surface area contributed by atoms with Gasteiger partial charge in [0.2, 0.25) is 11.8 Å². The van der Waals surface area contributed by atoms with Gasteiger partial charge in [-0.1, -0.05) is 30.3 Å². The summed E-state index contributed by atoms with van der Waals surface area (Å²) in [5, 5.41) is 10.1. The molecule has 1 unspecified atom stereocenters. The van der Waals surface area contributed by atoms with Crippen molar-refractivity contribution in [2.24, 2.45) is 0 Å². The molecule has 2 amide bonds. The van der Waals surface area contributed by atoms with Gasteiger partial charge in [-0.25, -0.2) is 0 Å². The van der Waals surface area contributed by atoms with Crippen LogP contribution in [0, 0.1) is 0 Å². The fourth-order valence-corrected chi connectivity index (χ4v) is 5.27. The van der Waals surface area contributed by atoms with Crippen LogP contribution < -0.4 is 30.2 Å². The molecule has 0 spiro atoms. The zero-order valence-electron chi connectivity index (χ0n) is 25.2. The number of carbonyl (C=O) groups is 2. The van der Waals surface area contributed by atoms with Crippen LogP contribution in [0.15, 0.2) is 79.0 Å². The van der Waals surface area contributed by atoms with E-state index in [1.165, 1.54) is 6.92 Å². The number of hydrogen-bond donors (Lipinski definition) is 3. The SMILES string of the molecule is COc1ccccc1COCCCOc1ccc(C(Oc2ccc3c(ccn3CCNC(C)=O)c2)[C@H]2CNCC(=O)N2)cc1. The first-order chi connectivity index (χ1) is 21.5. The molecule has 1 aliphatic rings. The van der Waals surface area contributed by atoms with Crippen molar-refractivity contribution in [1.82, 2.24) is 20.5 Å². The molecule has 3 N–H and O–H groups in total. The molecule has 0 radical (unpaired) electrons. The Bertz CT molecular complexity index is 1540. The average molecular weight is 601 g/mol. The highest BCUT2D eigenvalue weighted by Gasteiger charge is 2.29. The Hall–Kier alpha value is -4.54. The standard InChI is InChI=1S/C34H40N4O6/c1-24(39)36-15-17-38-16-14-26-20-29(12-13-31(26)38)44-34(30-21-35-22-33(40)37-30)25-8-10-28(11-9-25)43-19-5-18-42-23-27-6-3-4-7-32(27)41-2/h3-4,6-14,16,20,30,34-35H,5,15,17-19,21-23H2,1-2H3,(H,36,39)(H,37,40)/t30-,34?/m1/s1. The van der Waals surface area contributed by atoms with Crippen LogP contribution in [0.4, 0.5) is 0 Å². The minimum absolute atomic E-state index is 0.0436. The third kappa shape index (κ3) is 8.30. The van der Waals surface area contributed by atoms with Crippen molar-refractivity contribution >= 4 is 22.7 Å². The van der Waals surface area contributed by atoms with Gasteiger partial charge < -0.3 is 39.5 Å². The molecule has 1 aliphatic heterocycles. The summed E-state index contributed by atoms with van der Waals surface area (Å²) in [5.41, 5.74) is 3.00. The Labute approximate surface area is 257 Å². The third-order valence-corrected chi connectivity index (χ3v) is 7.45. The quantitative estimate of drug-likeness (QED) is 0.177. The van der Waals surface area contributed by atoms with E-state index in [9.17, 15) is 9.59 Å². The maximum atomic E-state index is 12.2. The molecule has 4 aromatic rings. The number of rotatable bonds is 15. The van der Waals surface area contributed by atoms with Crippen LogP contribution in [0.2, 0.25) is 0 Å². The molecule has 44 heavy (non-hydrogen) atoms. The maximum absolute atomic E-state index is 12.2.